The summed E-state index contributed by atoms with van der Waals surface area (Å²) in [6.45, 7) is 2.77. The molecule has 0 aliphatic carbocycles. The van der Waals surface area contributed by atoms with Gasteiger partial charge in [0.05, 0.1) is 4.90 Å². The van der Waals surface area contributed by atoms with Crippen molar-refractivity contribution in [1.29, 1.82) is 0 Å². The Bertz CT molecular complexity index is 600. The second kappa shape index (κ2) is 4.83. The standard InChI is InChI=1S/C11H13NO4S2/c1-8-2-4-12(5-3-8)18(15,16)9-6-10(11(13)14)17-7-9/h2,6-7H,3-5H2,1H3,(H,13,14). The molecule has 0 aromatic carbocycles. The maximum Gasteiger partial charge on any atom is 0.345 e. The molecule has 2 rings (SSSR count). The Labute approximate surface area is 109 Å². The lowest BCUT2D eigenvalue weighted by Gasteiger charge is -2.24. The van der Waals surface area contributed by atoms with Gasteiger partial charge in [-0.05, 0) is 19.4 Å². The number of hydrogen-bond donors (Lipinski definition) is 1. The molecule has 0 saturated heterocycles. The van der Waals surface area contributed by atoms with E-state index in [2.05, 4.69) is 0 Å². The molecule has 0 radical (unpaired) electrons. The molecular weight excluding hydrogens is 274 g/mol. The summed E-state index contributed by atoms with van der Waals surface area (Å²) in [7, 11) is -3.56. The Morgan fingerprint density at radius 2 is 2.22 bits per heavy atom. The fourth-order valence-electron chi connectivity index (χ4n) is 1.69. The number of nitrogens with zero attached hydrogens (tertiary/aromatic N) is 1. The molecule has 0 atom stereocenters. The average molecular weight is 287 g/mol. The van der Waals surface area contributed by atoms with Crippen molar-refractivity contribution in [3.8, 4) is 0 Å². The summed E-state index contributed by atoms with van der Waals surface area (Å²) in [6, 6.07) is 1.22. The van der Waals surface area contributed by atoms with Crippen molar-refractivity contribution < 1.29 is 18.3 Å². The van der Waals surface area contributed by atoms with Crippen LogP contribution in [0.5, 0.6) is 0 Å². The van der Waals surface area contributed by atoms with Crippen molar-refractivity contribution in [2.75, 3.05) is 13.1 Å². The highest BCUT2D eigenvalue weighted by Crippen LogP contribution is 2.24. The van der Waals surface area contributed by atoms with E-state index in [1.54, 1.807) is 0 Å². The maximum absolute atomic E-state index is 12.2. The number of aromatic carboxylic acids is 1. The van der Waals surface area contributed by atoms with Gasteiger partial charge in [0.15, 0.2) is 0 Å². The van der Waals surface area contributed by atoms with E-state index < -0.39 is 16.0 Å². The van der Waals surface area contributed by atoms with Gasteiger partial charge in [-0.15, -0.1) is 11.3 Å². The lowest BCUT2D eigenvalue weighted by Crippen LogP contribution is -2.34. The van der Waals surface area contributed by atoms with E-state index in [-0.39, 0.29) is 9.77 Å². The van der Waals surface area contributed by atoms with Crippen LogP contribution in [0.25, 0.3) is 0 Å². The van der Waals surface area contributed by atoms with Crippen LogP contribution < -0.4 is 0 Å². The summed E-state index contributed by atoms with van der Waals surface area (Å²) in [5.41, 5.74) is 1.18. The first-order chi connectivity index (χ1) is 8.41. The molecule has 18 heavy (non-hydrogen) atoms. The van der Waals surface area contributed by atoms with E-state index in [9.17, 15) is 13.2 Å². The van der Waals surface area contributed by atoms with Crippen LogP contribution in [-0.4, -0.2) is 36.9 Å². The zero-order valence-corrected chi connectivity index (χ0v) is 11.4. The van der Waals surface area contributed by atoms with Gasteiger partial charge in [0.2, 0.25) is 10.0 Å². The number of rotatable bonds is 3. The number of hydrogen-bond acceptors (Lipinski definition) is 4. The van der Waals surface area contributed by atoms with E-state index in [1.165, 1.54) is 21.3 Å². The predicted octanol–water partition coefficient (Wildman–Crippen LogP) is 1.79. The van der Waals surface area contributed by atoms with Crippen LogP contribution in [0.1, 0.15) is 23.0 Å². The topological polar surface area (TPSA) is 74.7 Å². The Balaban J connectivity index is 2.28. The number of carbonyl (C=O) groups is 1. The summed E-state index contributed by atoms with van der Waals surface area (Å²) in [6.07, 6.45) is 2.60. The molecule has 0 spiro atoms. The quantitative estimate of drug-likeness (QED) is 0.860. The van der Waals surface area contributed by atoms with Crippen LogP contribution in [-0.2, 0) is 10.0 Å². The second-order valence-corrected chi connectivity index (χ2v) is 6.96. The molecule has 1 aromatic rings. The summed E-state index contributed by atoms with van der Waals surface area (Å²) in [4.78, 5) is 10.9. The monoisotopic (exact) mass is 287 g/mol. The number of thiophene rings is 1. The number of sulfonamides is 1. The van der Waals surface area contributed by atoms with Crippen LogP contribution in [0.4, 0.5) is 0 Å². The Hall–Kier alpha value is -1.18. The summed E-state index contributed by atoms with van der Waals surface area (Å²) in [5, 5.41) is 10.2. The zero-order chi connectivity index (χ0) is 13.3. The molecule has 2 heterocycles. The molecule has 0 bridgehead atoms. The van der Waals surface area contributed by atoms with Crippen molar-refractivity contribution in [1.82, 2.24) is 4.31 Å². The minimum Gasteiger partial charge on any atom is -0.477 e. The highest BCUT2D eigenvalue weighted by Gasteiger charge is 2.27. The number of carboxylic acid groups (broad SMARTS) is 1. The molecule has 1 aliphatic heterocycles. The van der Waals surface area contributed by atoms with Crippen molar-refractivity contribution in [3.63, 3.8) is 0 Å². The van der Waals surface area contributed by atoms with E-state index in [0.717, 1.165) is 17.8 Å². The first-order valence-electron chi connectivity index (χ1n) is 5.39. The minimum absolute atomic E-state index is 0.0392. The van der Waals surface area contributed by atoms with E-state index in [0.29, 0.717) is 13.1 Å². The minimum atomic E-state index is -3.56. The number of carboxylic acids is 1. The predicted molar refractivity (Wildman–Crippen MR) is 68.4 cm³/mol. The van der Waals surface area contributed by atoms with Crippen LogP contribution in [0, 0.1) is 0 Å². The zero-order valence-electron chi connectivity index (χ0n) is 9.79. The van der Waals surface area contributed by atoms with Gasteiger partial charge in [-0.1, -0.05) is 11.6 Å². The molecule has 0 amide bonds. The summed E-state index contributed by atoms with van der Waals surface area (Å²) >= 11 is 0.928. The van der Waals surface area contributed by atoms with Gasteiger partial charge in [-0.2, -0.15) is 4.31 Å². The largest absolute Gasteiger partial charge is 0.477 e. The third kappa shape index (κ3) is 2.47. The van der Waals surface area contributed by atoms with Crippen LogP contribution in [0.15, 0.2) is 28.0 Å². The highest BCUT2D eigenvalue weighted by atomic mass is 32.2. The molecule has 0 saturated carbocycles. The smallest absolute Gasteiger partial charge is 0.345 e. The fraction of sp³-hybridized carbons (Fsp3) is 0.364. The summed E-state index contributed by atoms with van der Waals surface area (Å²) < 4.78 is 25.8. The molecule has 0 fully saturated rings. The van der Waals surface area contributed by atoms with Gasteiger partial charge in [0.1, 0.15) is 4.88 Å². The first-order valence-corrected chi connectivity index (χ1v) is 7.71. The Morgan fingerprint density at radius 3 is 2.72 bits per heavy atom. The maximum atomic E-state index is 12.2. The Morgan fingerprint density at radius 1 is 1.50 bits per heavy atom. The van der Waals surface area contributed by atoms with Crippen LogP contribution >= 0.6 is 11.3 Å². The van der Waals surface area contributed by atoms with Gasteiger partial charge < -0.3 is 5.11 Å². The van der Waals surface area contributed by atoms with Crippen LogP contribution in [0.2, 0.25) is 0 Å². The molecule has 5 nitrogen and oxygen atoms in total. The third-order valence-corrected chi connectivity index (χ3v) is 5.73. The van der Waals surface area contributed by atoms with E-state index in [4.69, 9.17) is 5.11 Å². The van der Waals surface area contributed by atoms with Gasteiger partial charge in [0, 0.05) is 18.5 Å². The third-order valence-electron chi connectivity index (χ3n) is 2.82. The normalized spacial score (nSPS) is 17.5. The lowest BCUT2D eigenvalue weighted by atomic mass is 10.1. The van der Waals surface area contributed by atoms with Crippen molar-refractivity contribution in [2.45, 2.75) is 18.2 Å². The fourth-order valence-corrected chi connectivity index (χ4v) is 4.17. The van der Waals surface area contributed by atoms with Gasteiger partial charge >= 0.3 is 5.97 Å². The van der Waals surface area contributed by atoms with E-state index >= 15 is 0 Å². The average Bonchev–Trinajstić information content (AvgIpc) is 2.79. The SMILES string of the molecule is CC1=CCN(S(=O)(=O)c2csc(C(=O)O)c2)CC1. The van der Waals surface area contributed by atoms with Crippen molar-refractivity contribution >= 4 is 27.3 Å². The first kappa shape index (κ1) is 13.3. The molecule has 0 unspecified atom stereocenters. The molecule has 7 heteroatoms. The van der Waals surface area contributed by atoms with Gasteiger partial charge in [0.25, 0.3) is 0 Å². The van der Waals surface area contributed by atoms with E-state index in [1.807, 2.05) is 13.0 Å². The highest BCUT2D eigenvalue weighted by molar-refractivity contribution is 7.89. The molecule has 1 N–H and O–H groups in total. The Kier molecular flexibility index (Phi) is 3.56. The second-order valence-electron chi connectivity index (χ2n) is 4.12. The lowest BCUT2D eigenvalue weighted by molar-refractivity contribution is 0.0702. The molecule has 98 valence electrons. The molecule has 1 aliphatic rings. The van der Waals surface area contributed by atoms with Gasteiger partial charge in [-0.3, -0.25) is 0 Å². The van der Waals surface area contributed by atoms with Gasteiger partial charge in [-0.25, -0.2) is 13.2 Å². The molecular formula is C11H13NO4S2. The summed E-state index contributed by atoms with van der Waals surface area (Å²) in [5.74, 6) is -1.10. The van der Waals surface area contributed by atoms with Crippen molar-refractivity contribution in [2.24, 2.45) is 0 Å². The van der Waals surface area contributed by atoms with Crippen LogP contribution in [0.3, 0.4) is 0 Å². The van der Waals surface area contributed by atoms with Crippen molar-refractivity contribution in [3.05, 3.63) is 28.0 Å². The molecule has 1 aromatic heterocycles.